The van der Waals surface area contributed by atoms with Crippen LogP contribution in [0.2, 0.25) is 0 Å². The average molecular weight is 313 g/mol. The monoisotopic (exact) mass is 313 g/mol. The van der Waals surface area contributed by atoms with E-state index in [1.165, 1.54) is 14.2 Å². The lowest BCUT2D eigenvalue weighted by Crippen LogP contribution is -2.19. The average Bonchev–Trinajstić information content (AvgIpc) is 2.61. The second kappa shape index (κ2) is 7.89. The third-order valence-electron chi connectivity index (χ3n) is 3.23. The highest BCUT2D eigenvalue weighted by Crippen LogP contribution is 2.21. The van der Waals surface area contributed by atoms with Crippen molar-refractivity contribution < 1.29 is 19.4 Å². The van der Waals surface area contributed by atoms with Crippen molar-refractivity contribution in [3.05, 3.63) is 71.4 Å². The minimum Gasteiger partial charge on any atom is -0.505 e. The molecule has 0 saturated carbocycles. The van der Waals surface area contributed by atoms with Crippen molar-refractivity contribution in [3.8, 4) is 5.75 Å². The van der Waals surface area contributed by atoms with Crippen LogP contribution in [-0.2, 0) is 16.1 Å². The third kappa shape index (κ3) is 4.26. The lowest BCUT2D eigenvalue weighted by Gasteiger charge is -2.11. The van der Waals surface area contributed by atoms with Crippen molar-refractivity contribution in [2.45, 2.75) is 6.61 Å². The lowest BCUT2D eigenvalue weighted by molar-refractivity contribution is -0.136. The van der Waals surface area contributed by atoms with Gasteiger partial charge in [0.05, 0.1) is 7.11 Å². The molecule has 0 aliphatic heterocycles. The fraction of sp³-hybridized carbons (Fsp3) is 0.167. The first-order valence-electron chi connectivity index (χ1n) is 7.12. The minimum absolute atomic E-state index is 0.00675. The summed E-state index contributed by atoms with van der Waals surface area (Å²) >= 11 is 0. The topological polar surface area (TPSA) is 67.8 Å². The van der Waals surface area contributed by atoms with E-state index in [0.29, 0.717) is 17.9 Å². The zero-order valence-corrected chi connectivity index (χ0v) is 13.1. The molecule has 0 bridgehead atoms. The molecule has 0 fully saturated rings. The van der Waals surface area contributed by atoms with E-state index in [1.54, 1.807) is 24.3 Å². The molecule has 23 heavy (non-hydrogen) atoms. The van der Waals surface area contributed by atoms with Crippen LogP contribution in [0.1, 0.15) is 11.1 Å². The van der Waals surface area contributed by atoms with Crippen LogP contribution in [0.4, 0.5) is 0 Å². The standard InChI is InChI=1S/C18H19NO4/c1-19-16(18(21)22-2)17(20)14-9-6-10-15(11-14)23-12-13-7-4-3-5-8-13/h3-11,19-20H,12H2,1-2H3/b17-16+. The van der Waals surface area contributed by atoms with Crippen molar-refractivity contribution in [1.82, 2.24) is 5.32 Å². The molecule has 0 heterocycles. The van der Waals surface area contributed by atoms with Crippen molar-refractivity contribution in [2.75, 3.05) is 14.2 Å². The first kappa shape index (κ1) is 16.4. The number of aliphatic hydroxyl groups excluding tert-OH is 1. The maximum Gasteiger partial charge on any atom is 0.358 e. The van der Waals surface area contributed by atoms with E-state index in [2.05, 4.69) is 10.1 Å². The van der Waals surface area contributed by atoms with Gasteiger partial charge < -0.3 is 19.9 Å². The molecule has 0 aromatic heterocycles. The van der Waals surface area contributed by atoms with Gasteiger partial charge in [-0.3, -0.25) is 0 Å². The van der Waals surface area contributed by atoms with Gasteiger partial charge in [-0.2, -0.15) is 0 Å². The van der Waals surface area contributed by atoms with Gasteiger partial charge in [0.1, 0.15) is 12.4 Å². The molecule has 0 amide bonds. The SMILES string of the molecule is CN/C(C(=O)OC)=C(/O)c1cccc(OCc2ccccc2)c1. The molecule has 2 aromatic rings. The fourth-order valence-corrected chi connectivity index (χ4v) is 2.04. The molecule has 0 atom stereocenters. The summed E-state index contributed by atoms with van der Waals surface area (Å²) in [6.45, 7) is 0.421. The Hall–Kier alpha value is -2.95. The minimum atomic E-state index is -0.638. The van der Waals surface area contributed by atoms with E-state index >= 15 is 0 Å². The third-order valence-corrected chi connectivity index (χ3v) is 3.23. The lowest BCUT2D eigenvalue weighted by atomic mass is 10.1. The van der Waals surface area contributed by atoms with Crippen LogP contribution < -0.4 is 10.1 Å². The second-order valence-corrected chi connectivity index (χ2v) is 4.77. The van der Waals surface area contributed by atoms with E-state index in [0.717, 1.165) is 5.56 Å². The maximum atomic E-state index is 11.6. The summed E-state index contributed by atoms with van der Waals surface area (Å²) in [5.41, 5.74) is 1.50. The number of hydrogen-bond donors (Lipinski definition) is 2. The normalized spacial score (nSPS) is 11.4. The quantitative estimate of drug-likeness (QED) is 0.487. The molecule has 2 rings (SSSR count). The first-order chi connectivity index (χ1) is 11.2. The van der Waals surface area contributed by atoms with Gasteiger partial charge in [-0.15, -0.1) is 0 Å². The Kier molecular flexibility index (Phi) is 5.63. The van der Waals surface area contributed by atoms with Crippen molar-refractivity contribution in [1.29, 1.82) is 0 Å². The van der Waals surface area contributed by atoms with Gasteiger partial charge in [-0.1, -0.05) is 42.5 Å². The maximum absolute atomic E-state index is 11.6. The number of likely N-dealkylation sites (N-methyl/N-ethyl adjacent to an activating group) is 1. The number of carbonyl (C=O) groups excluding carboxylic acids is 1. The van der Waals surface area contributed by atoms with Gasteiger partial charge in [0, 0.05) is 12.6 Å². The molecule has 2 N–H and O–H groups in total. The number of esters is 1. The molecule has 0 radical (unpaired) electrons. The highest BCUT2D eigenvalue weighted by molar-refractivity contribution is 5.95. The zero-order chi connectivity index (χ0) is 16.7. The predicted molar refractivity (Wildman–Crippen MR) is 87.8 cm³/mol. The smallest absolute Gasteiger partial charge is 0.358 e. The van der Waals surface area contributed by atoms with E-state index in [4.69, 9.17) is 4.74 Å². The first-order valence-corrected chi connectivity index (χ1v) is 7.12. The van der Waals surface area contributed by atoms with Crippen LogP contribution in [0, 0.1) is 0 Å². The number of hydrogen-bond acceptors (Lipinski definition) is 5. The van der Waals surface area contributed by atoms with Gasteiger partial charge >= 0.3 is 5.97 Å². The van der Waals surface area contributed by atoms with Crippen molar-refractivity contribution >= 4 is 11.7 Å². The van der Waals surface area contributed by atoms with Gasteiger partial charge in [-0.25, -0.2) is 4.79 Å². The Labute approximate surface area is 135 Å². The molecular weight excluding hydrogens is 294 g/mol. The van der Waals surface area contributed by atoms with E-state index < -0.39 is 5.97 Å². The van der Waals surface area contributed by atoms with E-state index in [-0.39, 0.29) is 11.5 Å². The summed E-state index contributed by atoms with van der Waals surface area (Å²) in [7, 11) is 2.80. The van der Waals surface area contributed by atoms with Crippen LogP contribution in [0.3, 0.4) is 0 Å². The highest BCUT2D eigenvalue weighted by atomic mass is 16.5. The number of nitrogens with one attached hydrogen (secondary N) is 1. The molecule has 0 spiro atoms. The van der Waals surface area contributed by atoms with Crippen LogP contribution >= 0.6 is 0 Å². The summed E-state index contributed by atoms with van der Waals surface area (Å²) in [5.74, 6) is -0.233. The predicted octanol–water partition coefficient (Wildman–Crippen LogP) is 2.88. The Balaban J connectivity index is 2.19. The Bertz CT molecular complexity index is 695. The summed E-state index contributed by atoms with van der Waals surface area (Å²) in [6.07, 6.45) is 0. The van der Waals surface area contributed by atoms with Crippen molar-refractivity contribution in [3.63, 3.8) is 0 Å². The molecule has 5 heteroatoms. The number of rotatable bonds is 6. The fourth-order valence-electron chi connectivity index (χ4n) is 2.04. The molecule has 0 saturated heterocycles. The van der Waals surface area contributed by atoms with Gasteiger partial charge in [0.2, 0.25) is 0 Å². The summed E-state index contributed by atoms with van der Waals surface area (Å²) in [6, 6.07) is 16.7. The number of benzene rings is 2. The summed E-state index contributed by atoms with van der Waals surface area (Å²) in [4.78, 5) is 11.6. The van der Waals surface area contributed by atoms with Gasteiger partial charge in [0.25, 0.3) is 0 Å². The summed E-state index contributed by atoms with van der Waals surface area (Å²) in [5, 5.41) is 12.9. The molecule has 0 aliphatic rings. The Morgan fingerprint density at radius 3 is 2.52 bits per heavy atom. The number of ether oxygens (including phenoxy) is 2. The van der Waals surface area contributed by atoms with Gasteiger partial charge in [0.15, 0.2) is 11.5 Å². The molecule has 0 unspecified atom stereocenters. The number of carbonyl (C=O) groups is 1. The number of methoxy groups -OCH3 is 1. The second-order valence-electron chi connectivity index (χ2n) is 4.77. The van der Waals surface area contributed by atoms with Crippen LogP contribution in [0.5, 0.6) is 5.75 Å². The van der Waals surface area contributed by atoms with E-state index in [9.17, 15) is 9.90 Å². The molecule has 120 valence electrons. The molecule has 0 aliphatic carbocycles. The molecule has 2 aromatic carbocycles. The van der Waals surface area contributed by atoms with Gasteiger partial charge in [-0.05, 0) is 17.7 Å². The highest BCUT2D eigenvalue weighted by Gasteiger charge is 2.16. The van der Waals surface area contributed by atoms with E-state index in [1.807, 2.05) is 30.3 Å². The van der Waals surface area contributed by atoms with Crippen molar-refractivity contribution in [2.24, 2.45) is 0 Å². The Morgan fingerprint density at radius 2 is 1.87 bits per heavy atom. The molecular formula is C18H19NO4. The molecule has 5 nitrogen and oxygen atoms in total. The zero-order valence-electron chi connectivity index (χ0n) is 13.1. The number of aliphatic hydroxyl groups is 1. The summed E-state index contributed by atoms with van der Waals surface area (Å²) < 4.78 is 10.3. The van der Waals surface area contributed by atoms with Crippen LogP contribution in [0.25, 0.3) is 5.76 Å². The largest absolute Gasteiger partial charge is 0.505 e. The Morgan fingerprint density at radius 1 is 1.13 bits per heavy atom. The van der Waals surface area contributed by atoms with Crippen LogP contribution in [0.15, 0.2) is 60.3 Å². The van der Waals surface area contributed by atoms with Crippen LogP contribution in [-0.4, -0.2) is 25.2 Å².